The average molecular weight is 409 g/mol. The quantitative estimate of drug-likeness (QED) is 0.584. The molecule has 8 nitrogen and oxygen atoms in total. The highest BCUT2D eigenvalue weighted by Crippen LogP contribution is 2.38. The van der Waals surface area contributed by atoms with Crippen molar-refractivity contribution >= 4 is 35.5 Å². The van der Waals surface area contributed by atoms with Gasteiger partial charge in [-0.2, -0.15) is 0 Å². The monoisotopic (exact) mass is 408 g/mol. The summed E-state index contributed by atoms with van der Waals surface area (Å²) in [6, 6.07) is 2.69. The van der Waals surface area contributed by atoms with Crippen LogP contribution in [0.3, 0.4) is 0 Å². The smallest absolute Gasteiger partial charge is 0.331 e. The zero-order valence-electron chi connectivity index (χ0n) is 15.2. The summed E-state index contributed by atoms with van der Waals surface area (Å²) in [5, 5.41) is 0.378. The van der Waals surface area contributed by atoms with Crippen LogP contribution in [0.25, 0.3) is 6.08 Å². The van der Waals surface area contributed by atoms with Gasteiger partial charge in [-0.3, -0.25) is 9.59 Å². The van der Waals surface area contributed by atoms with Crippen molar-refractivity contribution in [1.82, 2.24) is 4.90 Å². The van der Waals surface area contributed by atoms with Crippen LogP contribution < -0.4 is 15.2 Å². The largest absolute Gasteiger partial charge is 0.486 e. The van der Waals surface area contributed by atoms with Crippen LogP contribution in [0.4, 0.5) is 0 Å². The van der Waals surface area contributed by atoms with Crippen molar-refractivity contribution in [2.24, 2.45) is 5.73 Å². The van der Waals surface area contributed by atoms with Crippen LogP contribution in [-0.2, 0) is 19.1 Å². The molecule has 2 heterocycles. The van der Waals surface area contributed by atoms with E-state index < -0.39 is 30.4 Å². The molecule has 0 spiro atoms. The van der Waals surface area contributed by atoms with Gasteiger partial charge in [0, 0.05) is 12.6 Å². The van der Waals surface area contributed by atoms with E-state index in [1.54, 1.807) is 12.1 Å². The molecule has 28 heavy (non-hydrogen) atoms. The topological polar surface area (TPSA) is 108 Å². The van der Waals surface area contributed by atoms with E-state index in [1.807, 2.05) is 0 Å². The summed E-state index contributed by atoms with van der Waals surface area (Å²) in [4.78, 5) is 37.1. The van der Waals surface area contributed by atoms with Gasteiger partial charge in [0.05, 0.1) is 5.02 Å². The number of nitrogens with zero attached hydrogens (tertiary/aromatic N) is 1. The fraction of sp³-hybridized carbons (Fsp3) is 0.421. The number of halogens is 1. The van der Waals surface area contributed by atoms with Crippen LogP contribution in [0.5, 0.6) is 11.5 Å². The molecule has 0 aromatic heterocycles. The first-order chi connectivity index (χ1) is 13.5. The molecule has 0 bridgehead atoms. The zero-order chi connectivity index (χ0) is 20.1. The standard InChI is InChI=1S/C19H21ClN2O6/c20-13-9-12(10-15-18(13)27-8-7-26-15)4-5-17(24)28-11-16(23)22-6-2-1-3-14(22)19(21)25/h4-5,9-10,14H,1-3,6-8,11H2,(H2,21,25)/b5-4+/t14-/m0/s1. The maximum Gasteiger partial charge on any atom is 0.331 e. The molecule has 1 fully saturated rings. The summed E-state index contributed by atoms with van der Waals surface area (Å²) in [5.41, 5.74) is 5.97. The first-order valence-corrected chi connectivity index (χ1v) is 9.36. The molecule has 1 saturated heterocycles. The third-order valence-electron chi connectivity index (χ3n) is 4.52. The first kappa shape index (κ1) is 20.0. The van der Waals surface area contributed by atoms with Crippen LogP contribution in [0.2, 0.25) is 5.02 Å². The number of esters is 1. The lowest BCUT2D eigenvalue weighted by Gasteiger charge is -2.33. The van der Waals surface area contributed by atoms with E-state index in [4.69, 9.17) is 31.5 Å². The van der Waals surface area contributed by atoms with Crippen molar-refractivity contribution in [1.29, 1.82) is 0 Å². The number of hydrogen-bond acceptors (Lipinski definition) is 6. The fourth-order valence-electron chi connectivity index (χ4n) is 3.18. The van der Waals surface area contributed by atoms with Gasteiger partial charge in [0.1, 0.15) is 19.3 Å². The minimum absolute atomic E-state index is 0.378. The second kappa shape index (κ2) is 8.97. The maximum atomic E-state index is 12.3. The molecule has 9 heteroatoms. The molecule has 0 radical (unpaired) electrons. The summed E-state index contributed by atoms with van der Waals surface area (Å²) in [6.45, 7) is 0.823. The molecule has 1 aromatic rings. The van der Waals surface area contributed by atoms with Gasteiger partial charge in [0.25, 0.3) is 5.91 Å². The highest BCUT2D eigenvalue weighted by molar-refractivity contribution is 6.32. The summed E-state index contributed by atoms with van der Waals surface area (Å²) >= 11 is 6.15. The van der Waals surface area contributed by atoms with Crippen LogP contribution in [-0.4, -0.2) is 55.1 Å². The number of amides is 2. The molecule has 2 N–H and O–H groups in total. The van der Waals surface area contributed by atoms with Crippen LogP contribution in [0, 0.1) is 0 Å². The number of likely N-dealkylation sites (tertiary alicyclic amines) is 1. The Balaban J connectivity index is 1.56. The minimum Gasteiger partial charge on any atom is -0.486 e. The van der Waals surface area contributed by atoms with Gasteiger partial charge in [0.2, 0.25) is 5.91 Å². The third-order valence-corrected chi connectivity index (χ3v) is 4.80. The number of ether oxygens (including phenoxy) is 3. The van der Waals surface area contributed by atoms with Gasteiger partial charge < -0.3 is 24.8 Å². The Morgan fingerprint density at radius 1 is 1.25 bits per heavy atom. The number of benzene rings is 1. The lowest BCUT2D eigenvalue weighted by molar-refractivity contribution is -0.151. The van der Waals surface area contributed by atoms with Crippen LogP contribution in [0.15, 0.2) is 18.2 Å². The zero-order valence-corrected chi connectivity index (χ0v) is 15.9. The molecule has 2 aliphatic heterocycles. The molecular formula is C19H21ClN2O6. The molecule has 2 aliphatic rings. The molecule has 0 aliphatic carbocycles. The predicted octanol–water partition coefficient (Wildman–Crippen LogP) is 1.53. The Labute approximate surface area is 167 Å². The van der Waals surface area contributed by atoms with Crippen molar-refractivity contribution in [3.05, 3.63) is 28.8 Å². The molecular weight excluding hydrogens is 388 g/mol. The van der Waals surface area contributed by atoms with E-state index in [0.717, 1.165) is 12.8 Å². The van der Waals surface area contributed by atoms with E-state index in [0.29, 0.717) is 48.3 Å². The van der Waals surface area contributed by atoms with E-state index in [9.17, 15) is 14.4 Å². The Hall–Kier alpha value is -2.74. The second-order valence-corrected chi connectivity index (χ2v) is 6.88. The lowest BCUT2D eigenvalue weighted by atomic mass is 10.0. The molecule has 1 atom stereocenters. The number of primary amides is 1. The van der Waals surface area contributed by atoms with Gasteiger partial charge in [0.15, 0.2) is 18.1 Å². The van der Waals surface area contributed by atoms with E-state index >= 15 is 0 Å². The van der Waals surface area contributed by atoms with Gasteiger partial charge in [-0.15, -0.1) is 0 Å². The number of piperidine rings is 1. The fourth-order valence-corrected chi connectivity index (χ4v) is 3.45. The Kier molecular flexibility index (Phi) is 6.41. The number of carbonyl (C=O) groups is 3. The number of rotatable bonds is 5. The average Bonchev–Trinajstić information content (AvgIpc) is 2.70. The predicted molar refractivity (Wildman–Crippen MR) is 101 cm³/mol. The van der Waals surface area contributed by atoms with Crippen molar-refractivity contribution in [2.45, 2.75) is 25.3 Å². The summed E-state index contributed by atoms with van der Waals surface area (Å²) < 4.78 is 15.9. The SMILES string of the molecule is NC(=O)[C@@H]1CCCCN1C(=O)COC(=O)/C=C/c1cc(Cl)c2c(c1)OCCO2. The van der Waals surface area contributed by atoms with Crippen molar-refractivity contribution in [3.63, 3.8) is 0 Å². The summed E-state index contributed by atoms with van der Waals surface area (Å²) in [6.07, 6.45) is 4.84. The summed E-state index contributed by atoms with van der Waals surface area (Å²) in [7, 11) is 0. The Morgan fingerprint density at radius 3 is 2.82 bits per heavy atom. The van der Waals surface area contributed by atoms with Crippen LogP contribution >= 0.6 is 11.6 Å². The van der Waals surface area contributed by atoms with Crippen molar-refractivity contribution in [3.8, 4) is 11.5 Å². The highest BCUT2D eigenvalue weighted by Gasteiger charge is 2.30. The third kappa shape index (κ3) is 4.75. The van der Waals surface area contributed by atoms with Gasteiger partial charge >= 0.3 is 5.97 Å². The number of carbonyl (C=O) groups excluding carboxylic acids is 3. The first-order valence-electron chi connectivity index (χ1n) is 8.98. The Bertz CT molecular complexity index is 810. The van der Waals surface area contributed by atoms with E-state index in [-0.39, 0.29) is 0 Å². The number of hydrogen-bond donors (Lipinski definition) is 1. The summed E-state index contributed by atoms with van der Waals surface area (Å²) in [5.74, 6) is -0.692. The van der Waals surface area contributed by atoms with Gasteiger partial charge in [-0.25, -0.2) is 4.79 Å². The highest BCUT2D eigenvalue weighted by atomic mass is 35.5. The molecule has 1 aromatic carbocycles. The molecule has 150 valence electrons. The van der Waals surface area contributed by atoms with E-state index in [2.05, 4.69) is 0 Å². The normalized spacial score (nSPS) is 18.8. The Morgan fingerprint density at radius 2 is 2.04 bits per heavy atom. The molecule has 3 rings (SSSR count). The van der Waals surface area contributed by atoms with Crippen molar-refractivity contribution in [2.75, 3.05) is 26.4 Å². The lowest BCUT2D eigenvalue weighted by Crippen LogP contribution is -2.51. The maximum absolute atomic E-state index is 12.3. The molecule has 2 amide bonds. The van der Waals surface area contributed by atoms with Crippen molar-refractivity contribution < 1.29 is 28.6 Å². The number of fused-ring (bicyclic) bond motifs is 1. The minimum atomic E-state index is -0.688. The van der Waals surface area contributed by atoms with E-state index in [1.165, 1.54) is 17.1 Å². The molecule has 0 unspecified atom stereocenters. The van der Waals surface area contributed by atoms with Gasteiger partial charge in [-0.05, 0) is 43.0 Å². The molecule has 0 saturated carbocycles. The number of nitrogens with two attached hydrogens (primary N) is 1. The van der Waals surface area contributed by atoms with Crippen LogP contribution in [0.1, 0.15) is 24.8 Å². The van der Waals surface area contributed by atoms with Gasteiger partial charge in [-0.1, -0.05) is 11.6 Å². The second-order valence-electron chi connectivity index (χ2n) is 6.47.